The van der Waals surface area contributed by atoms with Crippen LogP contribution >= 0.6 is 0 Å². The highest BCUT2D eigenvalue weighted by Crippen LogP contribution is 2.31. The first kappa shape index (κ1) is 20.8. The molecule has 0 bridgehead atoms. The van der Waals surface area contributed by atoms with Gasteiger partial charge in [0, 0.05) is 38.9 Å². The minimum absolute atomic E-state index is 0.0817. The predicted molar refractivity (Wildman–Crippen MR) is 107 cm³/mol. The zero-order chi connectivity index (χ0) is 20.1. The molecule has 1 aromatic carbocycles. The van der Waals surface area contributed by atoms with Crippen LogP contribution in [0.5, 0.6) is 0 Å². The fraction of sp³-hybridized carbons (Fsp3) is 0.636. The Kier molecular flexibility index (Phi) is 6.73. The lowest BCUT2D eigenvalue weighted by Gasteiger charge is -2.42. The van der Waals surface area contributed by atoms with Crippen LogP contribution in [0.25, 0.3) is 0 Å². The number of benzene rings is 1. The summed E-state index contributed by atoms with van der Waals surface area (Å²) in [5.74, 6) is 0.601. The molecule has 0 unspecified atom stereocenters. The second-order valence-corrected chi connectivity index (χ2v) is 8.16. The van der Waals surface area contributed by atoms with Gasteiger partial charge in [0.25, 0.3) is 5.91 Å². The van der Waals surface area contributed by atoms with Crippen LogP contribution in [0.15, 0.2) is 24.3 Å². The van der Waals surface area contributed by atoms with Crippen molar-refractivity contribution in [3.8, 4) is 0 Å². The van der Waals surface area contributed by atoms with Gasteiger partial charge in [-0.2, -0.15) is 0 Å². The Hall–Kier alpha value is -1.92. The molecule has 2 amide bonds. The zero-order valence-electron chi connectivity index (χ0n) is 17.3. The van der Waals surface area contributed by atoms with Crippen LogP contribution in [0.3, 0.4) is 0 Å². The van der Waals surface area contributed by atoms with Crippen LogP contribution in [0.4, 0.5) is 0 Å². The van der Waals surface area contributed by atoms with E-state index in [1.165, 1.54) is 5.56 Å². The number of carbonyl (C=O) groups is 2. The van der Waals surface area contributed by atoms with E-state index in [1.54, 1.807) is 7.11 Å². The Morgan fingerprint density at radius 2 is 2.04 bits per heavy atom. The summed E-state index contributed by atoms with van der Waals surface area (Å²) in [5, 5.41) is 0. The maximum atomic E-state index is 13.0. The summed E-state index contributed by atoms with van der Waals surface area (Å²) in [6.07, 6.45) is 1.91. The quantitative estimate of drug-likeness (QED) is 0.778. The molecule has 6 nitrogen and oxygen atoms in total. The number of hydrogen-bond donors (Lipinski definition) is 0. The van der Waals surface area contributed by atoms with Crippen LogP contribution in [-0.2, 0) is 14.3 Å². The molecule has 0 radical (unpaired) electrons. The molecule has 28 heavy (non-hydrogen) atoms. The Morgan fingerprint density at radius 1 is 1.29 bits per heavy atom. The highest BCUT2D eigenvalue weighted by atomic mass is 16.5. The Morgan fingerprint density at radius 3 is 2.71 bits per heavy atom. The molecule has 1 spiro atoms. The molecule has 3 rings (SSSR count). The standard InChI is InChI=1S/C22H32N2O4/c1-17(2)18-5-4-6-19(15-18)21(26)23-10-8-22(9-11-23)16-24(12-14-27-3)20(25)7-13-28-22/h4-6,15,17H,7-14,16H2,1-3H3. The average molecular weight is 389 g/mol. The van der Waals surface area contributed by atoms with Gasteiger partial charge in [-0.05, 0) is 36.5 Å². The SMILES string of the molecule is COCCN1CC2(CCN(C(=O)c3cccc(C(C)C)c3)CC2)OCCC1=O. The van der Waals surface area contributed by atoms with Crippen LogP contribution in [0, 0.1) is 0 Å². The van der Waals surface area contributed by atoms with Crippen molar-refractivity contribution in [2.24, 2.45) is 0 Å². The minimum atomic E-state index is -0.351. The molecular weight excluding hydrogens is 356 g/mol. The first-order valence-electron chi connectivity index (χ1n) is 10.2. The molecule has 0 aromatic heterocycles. The van der Waals surface area contributed by atoms with Gasteiger partial charge >= 0.3 is 0 Å². The maximum absolute atomic E-state index is 13.0. The smallest absolute Gasteiger partial charge is 0.253 e. The summed E-state index contributed by atoms with van der Waals surface area (Å²) in [7, 11) is 1.65. The third-order valence-corrected chi connectivity index (χ3v) is 5.88. The lowest BCUT2D eigenvalue weighted by molar-refractivity contribution is -0.132. The van der Waals surface area contributed by atoms with Crippen molar-refractivity contribution in [1.82, 2.24) is 9.80 Å². The van der Waals surface area contributed by atoms with Gasteiger partial charge in [0.2, 0.25) is 5.91 Å². The van der Waals surface area contributed by atoms with Crippen molar-refractivity contribution in [2.75, 3.05) is 46.5 Å². The second kappa shape index (κ2) is 9.05. The number of methoxy groups -OCH3 is 1. The third-order valence-electron chi connectivity index (χ3n) is 5.88. The molecule has 2 aliphatic rings. The predicted octanol–water partition coefficient (Wildman–Crippen LogP) is 2.68. The summed E-state index contributed by atoms with van der Waals surface area (Å²) in [6.45, 7) is 7.72. The van der Waals surface area contributed by atoms with Crippen molar-refractivity contribution >= 4 is 11.8 Å². The van der Waals surface area contributed by atoms with Crippen LogP contribution in [0.2, 0.25) is 0 Å². The molecule has 2 heterocycles. The van der Waals surface area contributed by atoms with Crippen molar-refractivity contribution in [1.29, 1.82) is 0 Å². The summed E-state index contributed by atoms with van der Waals surface area (Å²) in [5.41, 5.74) is 1.58. The molecule has 0 saturated carbocycles. The van der Waals surface area contributed by atoms with E-state index in [0.717, 1.165) is 18.4 Å². The molecule has 1 aromatic rings. The van der Waals surface area contributed by atoms with Crippen molar-refractivity contribution < 1.29 is 19.1 Å². The molecule has 154 valence electrons. The van der Waals surface area contributed by atoms with Crippen molar-refractivity contribution in [3.05, 3.63) is 35.4 Å². The van der Waals surface area contributed by atoms with Gasteiger partial charge in [-0.25, -0.2) is 0 Å². The van der Waals surface area contributed by atoms with Gasteiger partial charge in [-0.15, -0.1) is 0 Å². The molecule has 2 aliphatic heterocycles. The number of carbonyl (C=O) groups excluding carboxylic acids is 2. The van der Waals surface area contributed by atoms with Gasteiger partial charge in [0.1, 0.15) is 0 Å². The van der Waals surface area contributed by atoms with E-state index in [4.69, 9.17) is 9.47 Å². The summed E-state index contributed by atoms with van der Waals surface area (Å²) in [6, 6.07) is 7.93. The monoisotopic (exact) mass is 388 g/mol. The second-order valence-electron chi connectivity index (χ2n) is 8.16. The van der Waals surface area contributed by atoms with Gasteiger partial charge in [-0.1, -0.05) is 26.0 Å². The van der Waals surface area contributed by atoms with Gasteiger partial charge in [0.05, 0.1) is 25.2 Å². The first-order chi connectivity index (χ1) is 13.4. The van der Waals surface area contributed by atoms with E-state index >= 15 is 0 Å². The Balaban J connectivity index is 1.65. The Bertz CT molecular complexity index is 696. The lowest BCUT2D eigenvalue weighted by Crippen LogP contribution is -2.53. The van der Waals surface area contributed by atoms with E-state index in [2.05, 4.69) is 19.9 Å². The number of rotatable bonds is 5. The largest absolute Gasteiger partial charge is 0.383 e. The number of hydrogen-bond acceptors (Lipinski definition) is 4. The number of amides is 2. The van der Waals surface area contributed by atoms with Crippen LogP contribution < -0.4 is 0 Å². The summed E-state index contributed by atoms with van der Waals surface area (Å²) < 4.78 is 11.3. The van der Waals surface area contributed by atoms with E-state index in [9.17, 15) is 9.59 Å². The first-order valence-corrected chi connectivity index (χ1v) is 10.2. The molecular formula is C22H32N2O4. The van der Waals surface area contributed by atoms with Gasteiger partial charge in [0.15, 0.2) is 0 Å². The van der Waals surface area contributed by atoms with E-state index in [0.29, 0.717) is 51.7 Å². The average Bonchev–Trinajstić information content (AvgIpc) is 2.85. The topological polar surface area (TPSA) is 59.1 Å². The zero-order valence-corrected chi connectivity index (χ0v) is 17.3. The lowest BCUT2D eigenvalue weighted by atomic mass is 9.90. The normalized spacial score (nSPS) is 19.9. The van der Waals surface area contributed by atoms with Crippen LogP contribution in [-0.4, -0.2) is 73.7 Å². The van der Waals surface area contributed by atoms with E-state index in [1.807, 2.05) is 28.0 Å². The summed E-state index contributed by atoms with van der Waals surface area (Å²) >= 11 is 0. The molecule has 0 atom stereocenters. The highest BCUT2D eigenvalue weighted by Gasteiger charge is 2.41. The number of nitrogens with zero attached hydrogens (tertiary/aromatic N) is 2. The highest BCUT2D eigenvalue weighted by molar-refractivity contribution is 5.94. The van der Waals surface area contributed by atoms with Gasteiger partial charge in [-0.3, -0.25) is 9.59 Å². The Labute approximate surface area is 167 Å². The van der Waals surface area contributed by atoms with Crippen molar-refractivity contribution in [2.45, 2.75) is 44.6 Å². The fourth-order valence-corrected chi connectivity index (χ4v) is 4.03. The molecule has 2 saturated heterocycles. The summed E-state index contributed by atoms with van der Waals surface area (Å²) in [4.78, 5) is 29.1. The number of ether oxygens (including phenoxy) is 2. The molecule has 2 fully saturated rings. The van der Waals surface area contributed by atoms with E-state index < -0.39 is 0 Å². The minimum Gasteiger partial charge on any atom is -0.383 e. The van der Waals surface area contributed by atoms with Gasteiger partial charge < -0.3 is 19.3 Å². The fourth-order valence-electron chi connectivity index (χ4n) is 4.03. The number of piperidine rings is 1. The number of likely N-dealkylation sites (tertiary alicyclic amines) is 1. The molecule has 6 heteroatoms. The maximum Gasteiger partial charge on any atom is 0.253 e. The van der Waals surface area contributed by atoms with Crippen molar-refractivity contribution in [3.63, 3.8) is 0 Å². The third kappa shape index (κ3) is 4.73. The van der Waals surface area contributed by atoms with E-state index in [-0.39, 0.29) is 17.4 Å². The molecule has 0 N–H and O–H groups in total. The molecule has 0 aliphatic carbocycles. The van der Waals surface area contributed by atoms with Crippen LogP contribution in [0.1, 0.15) is 54.9 Å².